The molecule has 0 amide bonds. The zero-order valence-electron chi connectivity index (χ0n) is 11.0. The minimum absolute atomic E-state index is 0.224. The number of aliphatic hydroxyl groups is 1. The van der Waals surface area contributed by atoms with E-state index in [-0.39, 0.29) is 6.61 Å². The van der Waals surface area contributed by atoms with E-state index >= 15 is 0 Å². The van der Waals surface area contributed by atoms with Crippen molar-refractivity contribution in [3.63, 3.8) is 0 Å². The fourth-order valence-corrected chi connectivity index (χ4v) is 2.97. The second kappa shape index (κ2) is 5.91. The lowest BCUT2D eigenvalue weighted by atomic mass is 10.0. The van der Waals surface area contributed by atoms with Gasteiger partial charge in [0, 0.05) is 42.5 Å². The van der Waals surface area contributed by atoms with Crippen molar-refractivity contribution in [1.29, 1.82) is 0 Å². The third kappa shape index (κ3) is 2.79. The topological polar surface area (TPSA) is 35.5 Å². The van der Waals surface area contributed by atoms with Gasteiger partial charge < -0.3 is 15.3 Å². The van der Waals surface area contributed by atoms with Crippen molar-refractivity contribution < 1.29 is 5.11 Å². The SMILES string of the molecule is Cc1cc(Cl)ccc1N1C(C)CNCC1CCO. The van der Waals surface area contributed by atoms with Crippen LogP contribution in [0.2, 0.25) is 5.02 Å². The monoisotopic (exact) mass is 268 g/mol. The Kier molecular flexibility index (Phi) is 4.49. The number of aliphatic hydroxyl groups excluding tert-OH is 1. The number of nitrogens with zero attached hydrogens (tertiary/aromatic N) is 1. The first kappa shape index (κ1) is 13.7. The first-order chi connectivity index (χ1) is 8.63. The molecule has 0 radical (unpaired) electrons. The van der Waals surface area contributed by atoms with E-state index in [1.165, 1.54) is 11.3 Å². The molecule has 1 saturated heterocycles. The quantitative estimate of drug-likeness (QED) is 0.882. The Labute approximate surface area is 114 Å². The van der Waals surface area contributed by atoms with Crippen molar-refractivity contribution in [2.24, 2.45) is 0 Å². The van der Waals surface area contributed by atoms with Crippen LogP contribution in [0.3, 0.4) is 0 Å². The summed E-state index contributed by atoms with van der Waals surface area (Å²) in [5.74, 6) is 0. The standard InChI is InChI=1S/C14H21ClN2O/c1-10-7-12(15)3-4-14(10)17-11(2)8-16-9-13(17)5-6-18/h3-4,7,11,13,16,18H,5-6,8-9H2,1-2H3. The number of nitrogens with one attached hydrogen (secondary N) is 1. The van der Waals surface area contributed by atoms with Crippen LogP contribution in [0, 0.1) is 6.92 Å². The van der Waals surface area contributed by atoms with E-state index in [4.69, 9.17) is 11.6 Å². The van der Waals surface area contributed by atoms with Crippen molar-refractivity contribution in [2.45, 2.75) is 32.4 Å². The number of hydrogen-bond donors (Lipinski definition) is 2. The molecule has 2 rings (SSSR count). The molecule has 100 valence electrons. The first-order valence-electron chi connectivity index (χ1n) is 6.49. The normalized spacial score (nSPS) is 24.3. The molecule has 1 fully saturated rings. The molecule has 0 bridgehead atoms. The third-order valence-electron chi connectivity index (χ3n) is 3.59. The van der Waals surface area contributed by atoms with Crippen molar-refractivity contribution >= 4 is 17.3 Å². The van der Waals surface area contributed by atoms with Crippen LogP contribution in [-0.4, -0.2) is 36.9 Å². The van der Waals surface area contributed by atoms with Gasteiger partial charge in [0.2, 0.25) is 0 Å². The van der Waals surface area contributed by atoms with Crippen LogP contribution in [-0.2, 0) is 0 Å². The van der Waals surface area contributed by atoms with Gasteiger partial charge in [-0.05, 0) is 44.0 Å². The molecule has 2 N–H and O–H groups in total. The van der Waals surface area contributed by atoms with Crippen LogP contribution in [0.4, 0.5) is 5.69 Å². The number of rotatable bonds is 3. The predicted molar refractivity (Wildman–Crippen MR) is 76.5 cm³/mol. The van der Waals surface area contributed by atoms with E-state index in [9.17, 15) is 5.11 Å². The van der Waals surface area contributed by atoms with Gasteiger partial charge in [-0.25, -0.2) is 0 Å². The molecule has 3 nitrogen and oxygen atoms in total. The average molecular weight is 269 g/mol. The Balaban J connectivity index is 2.31. The maximum absolute atomic E-state index is 9.21. The first-order valence-corrected chi connectivity index (χ1v) is 6.87. The number of hydrogen-bond acceptors (Lipinski definition) is 3. The summed E-state index contributed by atoms with van der Waals surface area (Å²) in [5, 5.41) is 13.4. The van der Waals surface area contributed by atoms with Crippen LogP contribution in [0.1, 0.15) is 18.9 Å². The van der Waals surface area contributed by atoms with Gasteiger partial charge in [0.05, 0.1) is 0 Å². The van der Waals surface area contributed by atoms with Crippen LogP contribution in [0.25, 0.3) is 0 Å². The van der Waals surface area contributed by atoms with E-state index < -0.39 is 0 Å². The predicted octanol–water partition coefficient (Wildman–Crippen LogP) is 2.20. The van der Waals surface area contributed by atoms with Gasteiger partial charge in [0.15, 0.2) is 0 Å². The number of piperazine rings is 1. The third-order valence-corrected chi connectivity index (χ3v) is 3.82. The number of benzene rings is 1. The van der Waals surface area contributed by atoms with Gasteiger partial charge in [-0.15, -0.1) is 0 Å². The molecule has 0 saturated carbocycles. The second-order valence-electron chi connectivity index (χ2n) is 5.01. The van der Waals surface area contributed by atoms with E-state index in [0.29, 0.717) is 12.1 Å². The van der Waals surface area contributed by atoms with Gasteiger partial charge in [0.25, 0.3) is 0 Å². The summed E-state index contributed by atoms with van der Waals surface area (Å²) in [6.07, 6.45) is 0.791. The molecule has 1 aliphatic rings. The Morgan fingerprint density at radius 2 is 2.22 bits per heavy atom. The summed E-state index contributed by atoms with van der Waals surface area (Å²) in [7, 11) is 0. The highest BCUT2D eigenvalue weighted by Gasteiger charge is 2.28. The highest BCUT2D eigenvalue weighted by atomic mass is 35.5. The van der Waals surface area contributed by atoms with Gasteiger partial charge in [0.1, 0.15) is 0 Å². The molecule has 1 aromatic rings. The zero-order chi connectivity index (χ0) is 13.1. The summed E-state index contributed by atoms with van der Waals surface area (Å²) in [6.45, 7) is 6.43. The van der Waals surface area contributed by atoms with Crippen molar-refractivity contribution in [2.75, 3.05) is 24.6 Å². The lowest BCUT2D eigenvalue weighted by Crippen LogP contribution is -2.57. The van der Waals surface area contributed by atoms with E-state index in [1.807, 2.05) is 12.1 Å². The fraction of sp³-hybridized carbons (Fsp3) is 0.571. The molecular formula is C14H21ClN2O. The van der Waals surface area contributed by atoms with Gasteiger partial charge >= 0.3 is 0 Å². The highest BCUT2D eigenvalue weighted by molar-refractivity contribution is 6.30. The number of anilines is 1. The molecule has 0 aromatic heterocycles. The Morgan fingerprint density at radius 1 is 1.44 bits per heavy atom. The minimum atomic E-state index is 0.224. The average Bonchev–Trinajstić information content (AvgIpc) is 2.31. The maximum atomic E-state index is 9.21. The lowest BCUT2D eigenvalue weighted by molar-refractivity contribution is 0.259. The molecule has 18 heavy (non-hydrogen) atoms. The molecule has 1 aliphatic heterocycles. The van der Waals surface area contributed by atoms with Crippen molar-refractivity contribution in [3.05, 3.63) is 28.8 Å². The number of halogens is 1. The summed E-state index contributed by atoms with van der Waals surface area (Å²) in [4.78, 5) is 2.42. The molecule has 0 spiro atoms. The van der Waals surface area contributed by atoms with E-state index in [1.54, 1.807) is 0 Å². The van der Waals surface area contributed by atoms with Gasteiger partial charge in [-0.2, -0.15) is 0 Å². The Bertz CT molecular complexity index is 409. The summed E-state index contributed by atoms with van der Waals surface area (Å²) < 4.78 is 0. The van der Waals surface area contributed by atoms with Crippen molar-refractivity contribution in [3.8, 4) is 0 Å². The molecular weight excluding hydrogens is 248 g/mol. The van der Waals surface area contributed by atoms with Crippen LogP contribution < -0.4 is 10.2 Å². The highest BCUT2D eigenvalue weighted by Crippen LogP contribution is 2.29. The second-order valence-corrected chi connectivity index (χ2v) is 5.45. The molecule has 2 atom stereocenters. The largest absolute Gasteiger partial charge is 0.396 e. The van der Waals surface area contributed by atoms with Crippen molar-refractivity contribution in [1.82, 2.24) is 5.32 Å². The van der Waals surface area contributed by atoms with Crippen LogP contribution in [0.15, 0.2) is 18.2 Å². The summed E-state index contributed by atoms with van der Waals surface area (Å²) in [6, 6.07) is 6.80. The summed E-state index contributed by atoms with van der Waals surface area (Å²) >= 11 is 6.02. The summed E-state index contributed by atoms with van der Waals surface area (Å²) in [5.41, 5.74) is 2.42. The van der Waals surface area contributed by atoms with E-state index in [0.717, 1.165) is 24.5 Å². The van der Waals surface area contributed by atoms with Crippen LogP contribution >= 0.6 is 11.6 Å². The smallest absolute Gasteiger partial charge is 0.0451 e. The maximum Gasteiger partial charge on any atom is 0.0451 e. The van der Waals surface area contributed by atoms with Gasteiger partial charge in [-0.1, -0.05) is 11.6 Å². The molecule has 4 heteroatoms. The Morgan fingerprint density at radius 3 is 2.89 bits per heavy atom. The minimum Gasteiger partial charge on any atom is -0.396 e. The molecule has 1 heterocycles. The Hall–Kier alpha value is -0.770. The fourth-order valence-electron chi connectivity index (χ4n) is 2.75. The van der Waals surface area contributed by atoms with Gasteiger partial charge in [-0.3, -0.25) is 0 Å². The number of aryl methyl sites for hydroxylation is 1. The molecule has 1 aromatic carbocycles. The van der Waals surface area contributed by atoms with E-state index in [2.05, 4.69) is 30.1 Å². The molecule has 0 aliphatic carbocycles. The molecule has 2 unspecified atom stereocenters. The van der Waals surface area contributed by atoms with Crippen LogP contribution in [0.5, 0.6) is 0 Å². The lowest BCUT2D eigenvalue weighted by Gasteiger charge is -2.43. The zero-order valence-corrected chi connectivity index (χ0v) is 11.7.